The number of thiazole rings is 1. The van der Waals surface area contributed by atoms with Crippen LogP contribution < -0.4 is 0 Å². The molecule has 158 valence electrons. The van der Waals surface area contributed by atoms with Gasteiger partial charge in [-0.1, -0.05) is 12.1 Å². The quantitative estimate of drug-likeness (QED) is 0.597. The van der Waals surface area contributed by atoms with Gasteiger partial charge in [-0.25, -0.2) is 9.37 Å². The highest BCUT2D eigenvalue weighted by Gasteiger charge is 2.19. The minimum absolute atomic E-state index is 0.115. The number of morpholine rings is 1. The van der Waals surface area contributed by atoms with E-state index in [2.05, 4.69) is 24.5 Å². The molecule has 3 aromatic rings. The maximum atomic E-state index is 13.1. The zero-order valence-electron chi connectivity index (χ0n) is 17.4. The Hall–Kier alpha value is -2.51. The first-order chi connectivity index (χ1) is 14.5. The van der Waals surface area contributed by atoms with E-state index >= 15 is 0 Å². The third-order valence-electron chi connectivity index (χ3n) is 5.60. The molecule has 0 saturated carbocycles. The maximum Gasteiger partial charge on any atom is 0.229 e. The van der Waals surface area contributed by atoms with Crippen molar-refractivity contribution in [2.45, 2.75) is 33.2 Å². The molecule has 0 radical (unpaired) electrons. The van der Waals surface area contributed by atoms with Crippen molar-refractivity contribution in [1.29, 1.82) is 0 Å². The highest BCUT2D eigenvalue weighted by atomic mass is 32.1. The first kappa shape index (κ1) is 20.8. The number of benzene rings is 1. The van der Waals surface area contributed by atoms with Crippen LogP contribution in [0.1, 0.15) is 22.0 Å². The van der Waals surface area contributed by atoms with Gasteiger partial charge in [0, 0.05) is 42.0 Å². The van der Waals surface area contributed by atoms with Crippen LogP contribution in [-0.4, -0.2) is 46.7 Å². The van der Waals surface area contributed by atoms with Gasteiger partial charge in [0.05, 0.1) is 25.3 Å². The van der Waals surface area contributed by atoms with Crippen molar-refractivity contribution in [2.24, 2.45) is 0 Å². The lowest BCUT2D eigenvalue weighted by atomic mass is 10.1. The van der Waals surface area contributed by atoms with E-state index in [-0.39, 0.29) is 11.7 Å². The van der Waals surface area contributed by atoms with Crippen molar-refractivity contribution in [3.05, 3.63) is 63.5 Å². The van der Waals surface area contributed by atoms with Gasteiger partial charge in [0.1, 0.15) is 10.8 Å². The van der Waals surface area contributed by atoms with Crippen molar-refractivity contribution >= 4 is 17.2 Å². The molecule has 2 aromatic heterocycles. The maximum absolute atomic E-state index is 13.1. The number of ether oxygens (including phenoxy) is 1. The third-order valence-corrected chi connectivity index (χ3v) is 6.45. The van der Waals surface area contributed by atoms with Gasteiger partial charge in [0.25, 0.3) is 0 Å². The summed E-state index contributed by atoms with van der Waals surface area (Å²) < 4.78 is 20.7. The Morgan fingerprint density at radius 3 is 2.67 bits per heavy atom. The van der Waals surface area contributed by atoms with Crippen molar-refractivity contribution in [2.75, 3.05) is 26.3 Å². The number of aryl methyl sites for hydroxylation is 2. The Bertz CT molecular complexity index is 1020. The molecule has 0 aliphatic carbocycles. The molecule has 1 fully saturated rings. The van der Waals surface area contributed by atoms with Gasteiger partial charge < -0.3 is 14.2 Å². The van der Waals surface area contributed by atoms with E-state index in [1.807, 2.05) is 22.4 Å². The predicted octanol–water partition coefficient (Wildman–Crippen LogP) is 4.01. The van der Waals surface area contributed by atoms with Crippen LogP contribution in [0, 0.1) is 19.7 Å². The second-order valence-electron chi connectivity index (χ2n) is 7.61. The Kier molecular flexibility index (Phi) is 6.29. The van der Waals surface area contributed by atoms with Gasteiger partial charge >= 0.3 is 0 Å². The van der Waals surface area contributed by atoms with Gasteiger partial charge in [-0.05, 0) is 44.0 Å². The summed E-state index contributed by atoms with van der Waals surface area (Å²) in [5.74, 6) is -0.0928. The summed E-state index contributed by atoms with van der Waals surface area (Å²) in [5, 5.41) is 2.88. The molecule has 0 unspecified atom stereocenters. The lowest BCUT2D eigenvalue weighted by Gasteiger charge is -2.26. The smallest absolute Gasteiger partial charge is 0.229 e. The Balaban J connectivity index is 1.45. The minimum Gasteiger partial charge on any atom is -0.378 e. The fourth-order valence-electron chi connectivity index (χ4n) is 3.87. The molecule has 3 heterocycles. The summed E-state index contributed by atoms with van der Waals surface area (Å²) >= 11 is 1.54. The molecule has 0 N–H and O–H groups in total. The predicted molar refractivity (Wildman–Crippen MR) is 116 cm³/mol. The number of hydrogen-bond acceptors (Lipinski definition) is 4. The molecule has 1 amide bonds. The molecule has 1 saturated heterocycles. The standard InChI is InChI=1S/C23H26FN3O2S/c1-16-13-20(17(2)27(16)8-7-18-3-5-19(24)6-4-18)21-15-30-22(25-21)14-23(28)26-9-11-29-12-10-26/h3-6,13,15H,7-12,14H2,1-2H3. The normalized spacial score (nSPS) is 14.3. The van der Waals surface area contributed by atoms with E-state index in [4.69, 9.17) is 9.72 Å². The number of aromatic nitrogens is 2. The molecule has 0 spiro atoms. The van der Waals surface area contributed by atoms with Gasteiger partial charge in [-0.15, -0.1) is 11.3 Å². The molecule has 0 bridgehead atoms. The SMILES string of the molecule is Cc1cc(-c2csc(CC(=O)N3CCOCC3)n2)c(C)n1CCc1ccc(F)cc1. The van der Waals surface area contributed by atoms with Crippen molar-refractivity contribution in [3.8, 4) is 11.3 Å². The van der Waals surface area contributed by atoms with Crippen LogP contribution in [0.15, 0.2) is 35.7 Å². The summed E-state index contributed by atoms with van der Waals surface area (Å²) in [4.78, 5) is 19.1. The van der Waals surface area contributed by atoms with Gasteiger partial charge in [-0.2, -0.15) is 0 Å². The van der Waals surface area contributed by atoms with Crippen molar-refractivity contribution in [3.63, 3.8) is 0 Å². The second-order valence-corrected chi connectivity index (χ2v) is 8.55. The number of carbonyl (C=O) groups excluding carboxylic acids is 1. The average molecular weight is 428 g/mol. The lowest BCUT2D eigenvalue weighted by molar-refractivity contribution is -0.134. The summed E-state index contributed by atoms with van der Waals surface area (Å²) in [6, 6.07) is 8.84. The van der Waals surface area contributed by atoms with Crippen LogP contribution in [0.25, 0.3) is 11.3 Å². The molecule has 4 rings (SSSR count). The Morgan fingerprint density at radius 2 is 1.93 bits per heavy atom. The summed E-state index contributed by atoms with van der Waals surface area (Å²) in [6.07, 6.45) is 1.18. The summed E-state index contributed by atoms with van der Waals surface area (Å²) in [5.41, 5.74) is 5.47. The number of amides is 1. The number of nitrogens with zero attached hydrogens (tertiary/aromatic N) is 3. The Morgan fingerprint density at radius 1 is 1.20 bits per heavy atom. The van der Waals surface area contributed by atoms with Gasteiger partial charge in [0.15, 0.2) is 0 Å². The van der Waals surface area contributed by atoms with Crippen LogP contribution in [0.3, 0.4) is 0 Å². The molecule has 0 atom stereocenters. The molecular weight excluding hydrogens is 401 g/mol. The van der Waals surface area contributed by atoms with E-state index in [9.17, 15) is 9.18 Å². The zero-order valence-corrected chi connectivity index (χ0v) is 18.2. The molecule has 7 heteroatoms. The van der Waals surface area contributed by atoms with Gasteiger partial charge in [-0.3, -0.25) is 4.79 Å². The summed E-state index contributed by atoms with van der Waals surface area (Å²) in [6.45, 7) is 7.56. The largest absolute Gasteiger partial charge is 0.378 e. The average Bonchev–Trinajstić information content (AvgIpc) is 3.32. The van der Waals surface area contributed by atoms with E-state index in [0.29, 0.717) is 32.7 Å². The van der Waals surface area contributed by atoms with Crippen LogP contribution in [0.2, 0.25) is 0 Å². The van der Waals surface area contributed by atoms with Crippen molar-refractivity contribution in [1.82, 2.24) is 14.5 Å². The first-order valence-electron chi connectivity index (χ1n) is 10.2. The van der Waals surface area contributed by atoms with Crippen LogP contribution in [0.4, 0.5) is 4.39 Å². The van der Waals surface area contributed by atoms with E-state index in [1.54, 1.807) is 0 Å². The highest BCUT2D eigenvalue weighted by Crippen LogP contribution is 2.29. The van der Waals surface area contributed by atoms with Crippen LogP contribution >= 0.6 is 11.3 Å². The lowest BCUT2D eigenvalue weighted by Crippen LogP contribution is -2.41. The van der Waals surface area contributed by atoms with E-state index in [0.717, 1.165) is 40.5 Å². The monoisotopic (exact) mass is 427 g/mol. The molecule has 1 aliphatic rings. The second kappa shape index (κ2) is 9.10. The van der Waals surface area contributed by atoms with Gasteiger partial charge in [0.2, 0.25) is 5.91 Å². The molecular formula is C23H26FN3O2S. The van der Waals surface area contributed by atoms with Crippen LogP contribution in [0.5, 0.6) is 0 Å². The van der Waals surface area contributed by atoms with Crippen LogP contribution in [-0.2, 0) is 28.9 Å². The minimum atomic E-state index is -0.208. The molecule has 1 aromatic carbocycles. The zero-order chi connectivity index (χ0) is 21.1. The fraction of sp³-hybridized carbons (Fsp3) is 0.391. The number of rotatable bonds is 6. The third kappa shape index (κ3) is 4.63. The Labute approximate surface area is 180 Å². The first-order valence-corrected chi connectivity index (χ1v) is 11.1. The topological polar surface area (TPSA) is 47.4 Å². The number of hydrogen-bond donors (Lipinski definition) is 0. The van der Waals surface area contributed by atoms with Crippen molar-refractivity contribution < 1.29 is 13.9 Å². The fourth-order valence-corrected chi connectivity index (χ4v) is 4.65. The molecule has 30 heavy (non-hydrogen) atoms. The highest BCUT2D eigenvalue weighted by molar-refractivity contribution is 7.10. The van der Waals surface area contributed by atoms with E-state index < -0.39 is 0 Å². The number of halogens is 1. The summed E-state index contributed by atoms with van der Waals surface area (Å²) in [7, 11) is 0. The molecule has 5 nitrogen and oxygen atoms in total. The van der Waals surface area contributed by atoms with E-state index in [1.165, 1.54) is 29.2 Å². The number of carbonyl (C=O) groups is 1. The molecule has 1 aliphatic heterocycles.